The molecule has 88 valence electrons. The second-order valence-corrected chi connectivity index (χ2v) is 4.39. The van der Waals surface area contributed by atoms with E-state index in [0.717, 1.165) is 5.56 Å². The van der Waals surface area contributed by atoms with Gasteiger partial charge in [-0.05, 0) is 47.8 Å². The van der Waals surface area contributed by atoms with Crippen molar-refractivity contribution in [2.45, 2.75) is 6.92 Å². The summed E-state index contributed by atoms with van der Waals surface area (Å²) in [5.41, 5.74) is 1.74. The molecule has 0 atom stereocenters. The maximum atomic E-state index is 6.06. The zero-order chi connectivity index (χ0) is 12.4. The molecule has 0 saturated carbocycles. The first-order valence-corrected chi connectivity index (χ1v) is 5.78. The number of aromatic nitrogens is 3. The molecule has 17 heavy (non-hydrogen) atoms. The molecule has 1 N–H and O–H groups in total. The van der Waals surface area contributed by atoms with Crippen LogP contribution in [-0.4, -0.2) is 15.0 Å². The summed E-state index contributed by atoms with van der Waals surface area (Å²) in [6.45, 7) is 1.95. The molecule has 0 spiro atoms. The molecule has 0 bridgehead atoms. The minimum atomic E-state index is 0.0238. The van der Waals surface area contributed by atoms with Crippen LogP contribution in [0.3, 0.4) is 0 Å². The van der Waals surface area contributed by atoms with Gasteiger partial charge < -0.3 is 5.32 Å². The Labute approximate surface area is 113 Å². The number of nitrogens with one attached hydrogen (secondary N) is 1. The minimum Gasteiger partial charge on any atom is -0.323 e. The summed E-state index contributed by atoms with van der Waals surface area (Å²) in [5.74, 6) is 0.251. The van der Waals surface area contributed by atoms with E-state index in [2.05, 4.69) is 20.3 Å². The van der Waals surface area contributed by atoms with Gasteiger partial charge in [0.05, 0.1) is 10.7 Å². The average molecular weight is 290 g/mol. The van der Waals surface area contributed by atoms with Gasteiger partial charge in [-0.3, -0.25) is 0 Å². The van der Waals surface area contributed by atoms with Crippen LogP contribution in [0, 0.1) is 6.92 Å². The van der Waals surface area contributed by atoms with Crippen LogP contribution in [-0.2, 0) is 0 Å². The van der Waals surface area contributed by atoms with E-state index < -0.39 is 0 Å². The van der Waals surface area contributed by atoms with Crippen LogP contribution in [0.2, 0.25) is 15.6 Å². The second kappa shape index (κ2) is 5.04. The SMILES string of the molecule is Cc1ccc(Nc2nc(Cl)nc(Cl)n2)c(Cl)c1. The first kappa shape index (κ1) is 12.4. The fraction of sp³-hybridized carbons (Fsp3) is 0.100. The second-order valence-electron chi connectivity index (χ2n) is 3.31. The highest BCUT2D eigenvalue weighted by atomic mass is 35.5. The topological polar surface area (TPSA) is 50.7 Å². The normalized spacial score (nSPS) is 10.4. The number of anilines is 2. The van der Waals surface area contributed by atoms with Gasteiger partial charge >= 0.3 is 0 Å². The lowest BCUT2D eigenvalue weighted by molar-refractivity contribution is 1.05. The third-order valence-electron chi connectivity index (χ3n) is 1.95. The standard InChI is InChI=1S/C10H7Cl3N4/c1-5-2-3-7(6(11)4-5)14-10-16-8(12)15-9(13)17-10/h2-4H,1H3,(H,14,15,16,17). The molecular formula is C10H7Cl3N4. The van der Waals surface area contributed by atoms with Crippen molar-refractivity contribution in [3.63, 3.8) is 0 Å². The molecule has 0 saturated heterocycles. The molecule has 2 aromatic rings. The van der Waals surface area contributed by atoms with Crippen molar-refractivity contribution in [3.05, 3.63) is 39.4 Å². The van der Waals surface area contributed by atoms with E-state index in [-0.39, 0.29) is 16.5 Å². The molecule has 1 aromatic heterocycles. The van der Waals surface area contributed by atoms with Crippen LogP contribution in [0.15, 0.2) is 18.2 Å². The van der Waals surface area contributed by atoms with E-state index in [1.54, 1.807) is 0 Å². The fourth-order valence-electron chi connectivity index (χ4n) is 1.22. The molecule has 0 aliphatic rings. The predicted molar refractivity (Wildman–Crippen MR) is 69.3 cm³/mol. The Morgan fingerprint density at radius 3 is 2.24 bits per heavy atom. The molecule has 1 heterocycles. The first-order chi connectivity index (χ1) is 8.04. The van der Waals surface area contributed by atoms with Gasteiger partial charge in [0.2, 0.25) is 16.5 Å². The van der Waals surface area contributed by atoms with Crippen molar-refractivity contribution in [2.75, 3.05) is 5.32 Å². The number of nitrogens with zero attached hydrogens (tertiary/aromatic N) is 3. The summed E-state index contributed by atoms with van der Waals surface area (Å²) >= 11 is 17.4. The molecule has 0 fully saturated rings. The van der Waals surface area contributed by atoms with Crippen molar-refractivity contribution in [3.8, 4) is 0 Å². The lowest BCUT2D eigenvalue weighted by Crippen LogP contribution is -1.99. The van der Waals surface area contributed by atoms with Gasteiger partial charge in [0, 0.05) is 0 Å². The molecule has 2 rings (SSSR count). The lowest BCUT2D eigenvalue weighted by atomic mass is 10.2. The van der Waals surface area contributed by atoms with Gasteiger partial charge in [-0.15, -0.1) is 0 Å². The number of hydrogen-bond acceptors (Lipinski definition) is 4. The van der Waals surface area contributed by atoms with Crippen molar-refractivity contribution in [2.24, 2.45) is 0 Å². The van der Waals surface area contributed by atoms with Crippen molar-refractivity contribution in [1.82, 2.24) is 15.0 Å². The maximum Gasteiger partial charge on any atom is 0.232 e. The highest BCUT2D eigenvalue weighted by molar-refractivity contribution is 6.33. The first-order valence-electron chi connectivity index (χ1n) is 4.65. The summed E-state index contributed by atoms with van der Waals surface area (Å²) < 4.78 is 0. The molecule has 0 unspecified atom stereocenters. The van der Waals surface area contributed by atoms with Crippen LogP contribution >= 0.6 is 34.8 Å². The van der Waals surface area contributed by atoms with Gasteiger partial charge in [-0.2, -0.15) is 15.0 Å². The Morgan fingerprint density at radius 1 is 1.00 bits per heavy atom. The zero-order valence-electron chi connectivity index (χ0n) is 8.71. The summed E-state index contributed by atoms with van der Waals surface area (Å²) in [6, 6.07) is 5.57. The summed E-state index contributed by atoms with van der Waals surface area (Å²) in [6.07, 6.45) is 0. The van der Waals surface area contributed by atoms with Gasteiger partial charge in [0.15, 0.2) is 0 Å². The average Bonchev–Trinajstić information content (AvgIpc) is 2.21. The largest absolute Gasteiger partial charge is 0.323 e. The fourth-order valence-corrected chi connectivity index (χ4v) is 1.87. The minimum absolute atomic E-state index is 0.0238. The summed E-state index contributed by atoms with van der Waals surface area (Å²) in [4.78, 5) is 11.4. The monoisotopic (exact) mass is 288 g/mol. The van der Waals surface area contributed by atoms with Gasteiger partial charge in [0.1, 0.15) is 0 Å². The van der Waals surface area contributed by atoms with Crippen molar-refractivity contribution in [1.29, 1.82) is 0 Å². The van der Waals surface area contributed by atoms with Gasteiger partial charge in [-0.1, -0.05) is 17.7 Å². The molecule has 0 amide bonds. The predicted octanol–water partition coefficient (Wildman–Crippen LogP) is 3.88. The maximum absolute atomic E-state index is 6.06. The highest BCUT2D eigenvalue weighted by Crippen LogP contribution is 2.25. The number of aryl methyl sites for hydroxylation is 1. The third kappa shape index (κ3) is 3.19. The number of halogens is 3. The Bertz CT molecular complexity index is 539. The molecule has 7 heteroatoms. The van der Waals surface area contributed by atoms with Gasteiger partial charge in [0.25, 0.3) is 0 Å². The van der Waals surface area contributed by atoms with Gasteiger partial charge in [-0.25, -0.2) is 0 Å². The highest BCUT2D eigenvalue weighted by Gasteiger charge is 2.06. The number of benzene rings is 1. The van der Waals surface area contributed by atoms with Crippen LogP contribution in [0.5, 0.6) is 0 Å². The van der Waals surface area contributed by atoms with Crippen LogP contribution in [0.4, 0.5) is 11.6 Å². The quantitative estimate of drug-likeness (QED) is 0.911. The van der Waals surface area contributed by atoms with E-state index >= 15 is 0 Å². The summed E-state index contributed by atoms with van der Waals surface area (Å²) in [7, 11) is 0. The van der Waals surface area contributed by atoms with E-state index in [9.17, 15) is 0 Å². The Kier molecular flexibility index (Phi) is 3.66. The van der Waals surface area contributed by atoms with Crippen LogP contribution in [0.1, 0.15) is 5.56 Å². The van der Waals surface area contributed by atoms with E-state index in [0.29, 0.717) is 10.7 Å². The van der Waals surface area contributed by atoms with Crippen molar-refractivity contribution >= 4 is 46.4 Å². The Hall–Kier alpha value is -1.10. The van der Waals surface area contributed by atoms with E-state index in [1.165, 1.54) is 0 Å². The molecule has 0 aliphatic heterocycles. The smallest absolute Gasteiger partial charge is 0.232 e. The van der Waals surface area contributed by atoms with Crippen molar-refractivity contribution < 1.29 is 0 Å². The molecule has 4 nitrogen and oxygen atoms in total. The van der Waals surface area contributed by atoms with E-state index in [1.807, 2.05) is 25.1 Å². The molecule has 0 radical (unpaired) electrons. The van der Waals surface area contributed by atoms with Crippen LogP contribution < -0.4 is 5.32 Å². The summed E-state index contributed by atoms with van der Waals surface area (Å²) in [5, 5.41) is 3.53. The lowest BCUT2D eigenvalue weighted by Gasteiger charge is -2.07. The van der Waals surface area contributed by atoms with E-state index in [4.69, 9.17) is 34.8 Å². The molecule has 1 aromatic carbocycles. The molecular weight excluding hydrogens is 282 g/mol. The van der Waals surface area contributed by atoms with Crippen LogP contribution in [0.25, 0.3) is 0 Å². The Morgan fingerprint density at radius 2 is 1.65 bits per heavy atom. The number of hydrogen-bond donors (Lipinski definition) is 1. The Balaban J connectivity index is 2.31. The third-order valence-corrected chi connectivity index (χ3v) is 2.60. The molecule has 0 aliphatic carbocycles. The number of rotatable bonds is 2. The zero-order valence-corrected chi connectivity index (χ0v) is 11.0.